The first-order valence-electron chi connectivity index (χ1n) is 10.7. The highest BCUT2D eigenvalue weighted by Gasteiger charge is 2.55. The van der Waals surface area contributed by atoms with Crippen LogP contribution in [0, 0.1) is 0 Å². The van der Waals surface area contributed by atoms with E-state index in [9.17, 15) is 29.1 Å². The van der Waals surface area contributed by atoms with Crippen molar-refractivity contribution in [2.75, 3.05) is 32.1 Å². The fourth-order valence-electron chi connectivity index (χ4n) is 4.08. The average Bonchev–Trinajstić information content (AvgIpc) is 3.35. The minimum atomic E-state index is -1.48. The Hall–Kier alpha value is -3.46. The Morgan fingerprint density at radius 1 is 1.37 bits per heavy atom. The van der Waals surface area contributed by atoms with Gasteiger partial charge in [-0.25, -0.2) is 4.79 Å². The van der Waals surface area contributed by atoms with Crippen molar-refractivity contribution in [3.8, 4) is 0 Å². The molecule has 35 heavy (non-hydrogen) atoms. The molecule has 1 aromatic rings. The van der Waals surface area contributed by atoms with Gasteiger partial charge in [-0.1, -0.05) is 5.16 Å². The number of esters is 1. The fourth-order valence-corrected chi connectivity index (χ4v) is 5.41. The summed E-state index contributed by atoms with van der Waals surface area (Å²) in [6.07, 6.45) is 1.06. The number of ether oxygens (including phenoxy) is 2. The number of amides is 3. The molecule has 4 rings (SSSR count). The van der Waals surface area contributed by atoms with Gasteiger partial charge in [-0.05, 0) is 6.92 Å². The highest BCUT2D eigenvalue weighted by Crippen LogP contribution is 2.40. The molecular weight excluding hydrogens is 486 g/mol. The van der Waals surface area contributed by atoms with E-state index in [0.717, 1.165) is 11.2 Å². The molecule has 3 aliphatic heterocycles. The zero-order chi connectivity index (χ0) is 25.3. The van der Waals surface area contributed by atoms with Gasteiger partial charge in [-0.3, -0.25) is 24.1 Å². The lowest BCUT2D eigenvalue weighted by Crippen LogP contribution is -2.71. The predicted octanol–water partition coefficient (Wildman–Crippen LogP) is -1.30. The Morgan fingerprint density at radius 3 is 2.77 bits per heavy atom. The molecule has 0 aromatic carbocycles. The normalized spacial score (nSPS) is 24.9. The molecule has 15 heteroatoms. The Morgan fingerprint density at radius 2 is 2.14 bits per heavy atom. The number of carbonyl (C=O) groups excluding carboxylic acids is 4. The molecule has 2 N–H and O–H groups in total. The van der Waals surface area contributed by atoms with Crippen LogP contribution in [0.25, 0.3) is 0 Å². The molecule has 0 radical (unpaired) electrons. The minimum absolute atomic E-state index is 0.174. The number of carboxylic acids is 1. The first kappa shape index (κ1) is 24.7. The maximum absolute atomic E-state index is 13.3. The number of β-lactam (4-membered cyclic amide) rings is 1. The number of nitrogens with one attached hydrogen (secondary N) is 1. The third kappa shape index (κ3) is 4.73. The molecule has 2 fully saturated rings. The second-order valence-electron chi connectivity index (χ2n) is 8.10. The molecule has 1 aromatic heterocycles. The SMILES string of the molecule is CC(=O)OCC1=C(C(=O)O)N2C(=O)[C@@H](NC(=O)C(C(=O)N3CCOCC3C)c3ncno3)[C@H]2SC1. The summed E-state index contributed by atoms with van der Waals surface area (Å²) in [6.45, 7) is 3.59. The van der Waals surface area contributed by atoms with Crippen LogP contribution in [0.4, 0.5) is 0 Å². The quantitative estimate of drug-likeness (QED) is 0.252. The molecule has 0 bridgehead atoms. The second-order valence-corrected chi connectivity index (χ2v) is 9.21. The van der Waals surface area contributed by atoms with Gasteiger partial charge in [-0.15, -0.1) is 11.8 Å². The molecule has 0 spiro atoms. The lowest BCUT2D eigenvalue weighted by atomic mass is 10.00. The number of thioether (sulfide) groups is 1. The number of fused-ring (bicyclic) bond motifs is 1. The van der Waals surface area contributed by atoms with E-state index >= 15 is 0 Å². The molecule has 14 nitrogen and oxygen atoms in total. The van der Waals surface area contributed by atoms with Gasteiger partial charge in [-0.2, -0.15) is 4.98 Å². The van der Waals surface area contributed by atoms with E-state index in [4.69, 9.17) is 14.0 Å². The largest absolute Gasteiger partial charge is 0.477 e. The summed E-state index contributed by atoms with van der Waals surface area (Å²) in [5, 5.41) is 15.0. The van der Waals surface area contributed by atoms with Gasteiger partial charge < -0.3 is 29.3 Å². The van der Waals surface area contributed by atoms with Crippen molar-refractivity contribution in [3.63, 3.8) is 0 Å². The van der Waals surface area contributed by atoms with Gasteiger partial charge in [0.05, 0.1) is 19.3 Å². The van der Waals surface area contributed by atoms with Crippen molar-refractivity contribution in [2.45, 2.75) is 37.2 Å². The molecule has 188 valence electrons. The number of nitrogens with zero attached hydrogens (tertiary/aromatic N) is 4. The van der Waals surface area contributed by atoms with Gasteiger partial charge in [0.2, 0.25) is 17.7 Å². The predicted molar refractivity (Wildman–Crippen MR) is 115 cm³/mol. The van der Waals surface area contributed by atoms with Gasteiger partial charge in [0, 0.05) is 24.8 Å². The van der Waals surface area contributed by atoms with Gasteiger partial charge in [0.1, 0.15) is 23.7 Å². The topological polar surface area (TPSA) is 181 Å². The van der Waals surface area contributed by atoms with Crippen molar-refractivity contribution in [2.24, 2.45) is 0 Å². The van der Waals surface area contributed by atoms with Crippen LogP contribution in [0.2, 0.25) is 0 Å². The minimum Gasteiger partial charge on any atom is -0.477 e. The van der Waals surface area contributed by atoms with Gasteiger partial charge in [0.15, 0.2) is 12.2 Å². The number of morpholine rings is 1. The average molecular weight is 509 g/mol. The third-order valence-corrected chi connectivity index (χ3v) is 7.12. The Kier molecular flexibility index (Phi) is 7.07. The van der Waals surface area contributed by atoms with Crippen LogP contribution in [0.3, 0.4) is 0 Å². The molecule has 4 heterocycles. The maximum Gasteiger partial charge on any atom is 0.352 e. The molecule has 0 aliphatic carbocycles. The first-order chi connectivity index (χ1) is 16.7. The molecule has 3 amide bonds. The van der Waals surface area contributed by atoms with Crippen molar-refractivity contribution in [1.29, 1.82) is 0 Å². The lowest BCUT2D eigenvalue weighted by molar-refractivity contribution is -0.153. The summed E-state index contributed by atoms with van der Waals surface area (Å²) >= 11 is 1.21. The third-order valence-electron chi connectivity index (χ3n) is 5.78. The molecular formula is C20H23N5O9S. The van der Waals surface area contributed by atoms with E-state index in [1.165, 1.54) is 23.6 Å². The number of carbonyl (C=O) groups is 5. The number of hydrogen-bond donors (Lipinski definition) is 2. The summed E-state index contributed by atoms with van der Waals surface area (Å²) in [5.74, 6) is -5.52. The molecule has 2 unspecified atom stereocenters. The first-order valence-corrected chi connectivity index (χ1v) is 11.7. The van der Waals surface area contributed by atoms with E-state index in [0.29, 0.717) is 13.2 Å². The Labute approximate surface area is 202 Å². The maximum atomic E-state index is 13.3. The summed E-state index contributed by atoms with van der Waals surface area (Å²) in [6, 6.07) is -1.36. The van der Waals surface area contributed by atoms with Crippen LogP contribution in [0.1, 0.15) is 25.7 Å². The number of aliphatic carboxylic acids is 1. The molecule has 0 saturated carbocycles. The monoisotopic (exact) mass is 509 g/mol. The van der Waals surface area contributed by atoms with E-state index in [-0.39, 0.29) is 42.1 Å². The number of carboxylic acid groups (broad SMARTS) is 1. The lowest BCUT2D eigenvalue weighted by Gasteiger charge is -2.49. The van der Waals surface area contributed by atoms with Crippen molar-refractivity contribution >= 4 is 41.4 Å². The van der Waals surface area contributed by atoms with Crippen LogP contribution < -0.4 is 5.32 Å². The molecule has 4 atom stereocenters. The molecule has 2 saturated heterocycles. The van der Waals surface area contributed by atoms with Gasteiger partial charge >= 0.3 is 11.9 Å². The zero-order valence-electron chi connectivity index (χ0n) is 18.8. The van der Waals surface area contributed by atoms with E-state index in [1.807, 2.05) is 0 Å². The van der Waals surface area contributed by atoms with E-state index < -0.39 is 47.0 Å². The van der Waals surface area contributed by atoms with E-state index in [1.54, 1.807) is 6.92 Å². The Bertz CT molecular complexity index is 1080. The Balaban J connectivity index is 1.52. The highest BCUT2D eigenvalue weighted by molar-refractivity contribution is 8.00. The van der Waals surface area contributed by atoms with Crippen LogP contribution in [0.15, 0.2) is 22.1 Å². The summed E-state index contributed by atoms with van der Waals surface area (Å²) in [7, 11) is 0. The number of hydrogen-bond acceptors (Lipinski definition) is 11. The second kappa shape index (κ2) is 10.0. The van der Waals surface area contributed by atoms with Crippen LogP contribution in [0.5, 0.6) is 0 Å². The van der Waals surface area contributed by atoms with Crippen molar-refractivity contribution < 1.29 is 43.1 Å². The summed E-state index contributed by atoms with van der Waals surface area (Å²) in [4.78, 5) is 68.8. The van der Waals surface area contributed by atoms with E-state index in [2.05, 4.69) is 15.5 Å². The van der Waals surface area contributed by atoms with Gasteiger partial charge in [0.25, 0.3) is 5.91 Å². The zero-order valence-corrected chi connectivity index (χ0v) is 19.6. The smallest absolute Gasteiger partial charge is 0.352 e. The van der Waals surface area contributed by atoms with Crippen LogP contribution in [-0.4, -0.2) is 104 Å². The molecule has 3 aliphatic rings. The standard InChI is InChI=1S/C20H23N5O9S/c1-9-5-32-4-3-24(9)17(28)12(16-21-8-22-34-16)15(27)23-13-18(29)25-14(20(30)31)11(6-33-10(2)26)7-35-19(13)25/h8-9,12-13,19H,3-7H2,1-2H3,(H,23,27)(H,30,31)/t9?,12?,13-,19-/m1/s1. The summed E-state index contributed by atoms with van der Waals surface area (Å²) < 4.78 is 15.3. The fraction of sp³-hybridized carbons (Fsp3) is 0.550. The van der Waals surface area contributed by atoms with Crippen molar-refractivity contribution in [3.05, 3.63) is 23.5 Å². The highest BCUT2D eigenvalue weighted by atomic mass is 32.2. The number of rotatable bonds is 7. The van der Waals surface area contributed by atoms with Crippen LogP contribution in [-0.2, 0) is 33.4 Å². The van der Waals surface area contributed by atoms with Crippen LogP contribution >= 0.6 is 11.8 Å². The van der Waals surface area contributed by atoms with Crippen molar-refractivity contribution in [1.82, 2.24) is 25.3 Å². The number of aromatic nitrogens is 2. The summed E-state index contributed by atoms with van der Waals surface area (Å²) in [5.41, 5.74) is -0.00976.